The number of aryl methyl sites for hydroxylation is 2. The minimum atomic E-state index is -0.997. The van der Waals surface area contributed by atoms with Gasteiger partial charge in [0.1, 0.15) is 17.7 Å². The maximum Gasteiger partial charge on any atom is 0.408 e. The van der Waals surface area contributed by atoms with Crippen LogP contribution in [0.15, 0.2) is 72.8 Å². The second-order valence-corrected chi connectivity index (χ2v) is 12.2. The molecule has 0 aliphatic rings. The van der Waals surface area contributed by atoms with Crippen LogP contribution in [-0.2, 0) is 27.2 Å². The number of anilines is 1. The summed E-state index contributed by atoms with van der Waals surface area (Å²) in [6.45, 7) is 13.1. The summed E-state index contributed by atoms with van der Waals surface area (Å²) >= 11 is 6.49. The highest BCUT2D eigenvalue weighted by Gasteiger charge is 2.39. The van der Waals surface area contributed by atoms with Crippen molar-refractivity contribution in [3.63, 3.8) is 0 Å². The summed E-state index contributed by atoms with van der Waals surface area (Å²) in [5.41, 5.74) is 3.17. The number of alkyl carbamates (subject to hydrolysis) is 1. The smallest absolute Gasteiger partial charge is 0.408 e. The van der Waals surface area contributed by atoms with E-state index in [0.29, 0.717) is 22.7 Å². The number of ether oxygens (including phenoxy) is 1. The fourth-order valence-corrected chi connectivity index (χ4v) is 5.10. The van der Waals surface area contributed by atoms with Gasteiger partial charge in [-0.3, -0.25) is 9.59 Å². The van der Waals surface area contributed by atoms with Crippen LogP contribution in [0.4, 0.5) is 10.5 Å². The molecule has 0 heterocycles. The number of para-hydroxylation sites is 1. The van der Waals surface area contributed by atoms with Gasteiger partial charge in [0.05, 0.1) is 10.7 Å². The zero-order valence-corrected chi connectivity index (χ0v) is 27.0. The molecular formula is C35H44ClN3O4. The zero-order valence-electron chi connectivity index (χ0n) is 26.2. The lowest BCUT2D eigenvalue weighted by Crippen LogP contribution is -2.55. The first-order valence-corrected chi connectivity index (χ1v) is 15.2. The van der Waals surface area contributed by atoms with Crippen LogP contribution in [0, 0.1) is 6.92 Å². The summed E-state index contributed by atoms with van der Waals surface area (Å²) in [6.07, 6.45) is 0.936. The van der Waals surface area contributed by atoms with Crippen molar-refractivity contribution in [3.05, 3.63) is 100 Å². The Balaban J connectivity index is 2.12. The molecule has 0 fully saturated rings. The first kappa shape index (κ1) is 33.7. The molecule has 3 aromatic carbocycles. The summed E-state index contributed by atoms with van der Waals surface area (Å²) < 4.78 is 5.53. The standard InChI is InChI=1S/C35H44ClN3O4/c1-8-24(4)39(33(41)29(22-26-15-11-10-12-16-26)37-34(42)43-35(5,6)7)31(27-20-18-25(9-2)19-21-27)32(40)38-30-23(3)14-13-17-28(30)36/h10-21,24,29,31H,8-9,22H2,1-7H3,(H,37,42)(H,38,40). The van der Waals surface area contributed by atoms with E-state index in [1.807, 2.05) is 87.5 Å². The largest absolute Gasteiger partial charge is 0.444 e. The van der Waals surface area contributed by atoms with E-state index in [-0.39, 0.29) is 18.4 Å². The van der Waals surface area contributed by atoms with Crippen LogP contribution in [0.25, 0.3) is 0 Å². The lowest BCUT2D eigenvalue weighted by molar-refractivity contribution is -0.143. The molecule has 3 atom stereocenters. The van der Waals surface area contributed by atoms with E-state index < -0.39 is 29.7 Å². The Hall–Kier alpha value is -3.84. The first-order valence-electron chi connectivity index (χ1n) is 14.8. The second kappa shape index (κ2) is 15.1. The minimum Gasteiger partial charge on any atom is -0.444 e. The molecule has 3 unspecified atom stereocenters. The van der Waals surface area contributed by atoms with Crippen LogP contribution < -0.4 is 10.6 Å². The summed E-state index contributed by atoms with van der Waals surface area (Å²) in [4.78, 5) is 43.5. The van der Waals surface area contributed by atoms with Crippen LogP contribution in [0.5, 0.6) is 0 Å². The molecule has 0 spiro atoms. The van der Waals surface area contributed by atoms with Crippen LogP contribution in [0.3, 0.4) is 0 Å². The van der Waals surface area contributed by atoms with Gasteiger partial charge >= 0.3 is 6.09 Å². The van der Waals surface area contributed by atoms with Crippen LogP contribution in [0.1, 0.15) is 76.3 Å². The molecule has 43 heavy (non-hydrogen) atoms. The second-order valence-electron chi connectivity index (χ2n) is 11.8. The molecule has 3 amide bonds. The number of benzene rings is 3. The lowest BCUT2D eigenvalue weighted by atomic mass is 9.96. The fourth-order valence-electron chi connectivity index (χ4n) is 4.83. The van der Waals surface area contributed by atoms with Gasteiger partial charge in [-0.1, -0.05) is 92.2 Å². The summed E-state index contributed by atoms with van der Waals surface area (Å²) in [7, 11) is 0. The van der Waals surface area contributed by atoms with E-state index in [1.165, 1.54) is 0 Å². The average molecular weight is 606 g/mol. The molecule has 8 heteroatoms. The molecule has 3 aromatic rings. The van der Waals surface area contributed by atoms with E-state index in [9.17, 15) is 14.4 Å². The Kier molecular flexibility index (Phi) is 11.8. The van der Waals surface area contributed by atoms with Gasteiger partial charge in [-0.25, -0.2) is 4.79 Å². The summed E-state index contributed by atoms with van der Waals surface area (Å²) in [6, 6.07) is 20.2. The fraction of sp³-hybridized carbons (Fsp3) is 0.400. The van der Waals surface area contributed by atoms with Gasteiger partial charge in [0.2, 0.25) is 5.91 Å². The quantitative estimate of drug-likeness (QED) is 0.235. The maximum atomic E-state index is 14.6. The monoisotopic (exact) mass is 605 g/mol. The predicted octanol–water partition coefficient (Wildman–Crippen LogP) is 7.65. The number of halogens is 1. The molecular weight excluding hydrogens is 562 g/mol. The number of nitrogens with zero attached hydrogens (tertiary/aromatic N) is 1. The number of nitrogens with one attached hydrogen (secondary N) is 2. The van der Waals surface area contributed by atoms with Crippen molar-refractivity contribution >= 4 is 35.2 Å². The Morgan fingerprint density at radius 3 is 2.12 bits per heavy atom. The number of hydrogen-bond donors (Lipinski definition) is 2. The van der Waals surface area contributed by atoms with Gasteiger partial charge < -0.3 is 20.3 Å². The van der Waals surface area contributed by atoms with E-state index >= 15 is 0 Å². The van der Waals surface area contributed by atoms with E-state index in [4.69, 9.17) is 16.3 Å². The highest BCUT2D eigenvalue weighted by molar-refractivity contribution is 6.34. The van der Waals surface area contributed by atoms with Gasteiger partial charge in [0.25, 0.3) is 5.91 Å². The number of rotatable bonds is 11. The van der Waals surface area contributed by atoms with Crippen molar-refractivity contribution < 1.29 is 19.1 Å². The third-order valence-electron chi connectivity index (χ3n) is 7.29. The highest BCUT2D eigenvalue weighted by Crippen LogP contribution is 2.31. The molecule has 3 rings (SSSR count). The molecule has 0 saturated heterocycles. The van der Waals surface area contributed by atoms with Crippen molar-refractivity contribution in [1.29, 1.82) is 0 Å². The normalized spacial score (nSPS) is 13.4. The molecule has 0 bridgehead atoms. The van der Waals surface area contributed by atoms with Crippen molar-refractivity contribution in [2.24, 2.45) is 0 Å². The Morgan fingerprint density at radius 1 is 0.907 bits per heavy atom. The number of hydrogen-bond acceptors (Lipinski definition) is 4. The molecule has 0 saturated carbocycles. The van der Waals surface area contributed by atoms with Gasteiger partial charge in [0.15, 0.2) is 0 Å². The SMILES string of the molecule is CCc1ccc(C(C(=O)Nc2c(C)cccc2Cl)N(C(=O)C(Cc2ccccc2)NC(=O)OC(C)(C)C)C(C)CC)cc1. The Bertz CT molecular complexity index is 1370. The van der Waals surface area contributed by atoms with E-state index in [0.717, 1.165) is 23.1 Å². The van der Waals surface area contributed by atoms with Gasteiger partial charge in [0, 0.05) is 12.5 Å². The minimum absolute atomic E-state index is 0.221. The highest BCUT2D eigenvalue weighted by atomic mass is 35.5. The average Bonchev–Trinajstić information content (AvgIpc) is 2.96. The molecule has 7 nitrogen and oxygen atoms in total. The van der Waals surface area contributed by atoms with Gasteiger partial charge in [-0.2, -0.15) is 0 Å². The van der Waals surface area contributed by atoms with Crippen molar-refractivity contribution in [2.45, 2.75) is 91.5 Å². The van der Waals surface area contributed by atoms with Gasteiger partial charge in [-0.05, 0) is 75.8 Å². The van der Waals surface area contributed by atoms with Crippen molar-refractivity contribution in [1.82, 2.24) is 10.2 Å². The first-order chi connectivity index (χ1) is 20.3. The summed E-state index contributed by atoms with van der Waals surface area (Å²) in [5, 5.41) is 6.22. The number of carbonyl (C=O) groups excluding carboxylic acids is 3. The molecule has 230 valence electrons. The van der Waals surface area contributed by atoms with E-state index in [1.54, 1.807) is 31.7 Å². The maximum absolute atomic E-state index is 14.6. The molecule has 0 radical (unpaired) electrons. The number of amides is 3. The molecule has 0 aromatic heterocycles. The number of carbonyl (C=O) groups is 3. The van der Waals surface area contributed by atoms with Crippen LogP contribution in [0.2, 0.25) is 5.02 Å². The summed E-state index contributed by atoms with van der Waals surface area (Å²) in [5.74, 6) is -0.788. The predicted molar refractivity (Wildman–Crippen MR) is 173 cm³/mol. The zero-order chi connectivity index (χ0) is 31.7. The van der Waals surface area contributed by atoms with Crippen molar-refractivity contribution in [2.75, 3.05) is 5.32 Å². The third-order valence-corrected chi connectivity index (χ3v) is 7.61. The topological polar surface area (TPSA) is 87.7 Å². The van der Waals surface area contributed by atoms with E-state index in [2.05, 4.69) is 17.6 Å². The Morgan fingerprint density at radius 2 is 1.56 bits per heavy atom. The molecule has 0 aliphatic carbocycles. The molecule has 2 N–H and O–H groups in total. The Labute approximate surface area is 261 Å². The third kappa shape index (κ3) is 9.32. The van der Waals surface area contributed by atoms with Crippen LogP contribution >= 0.6 is 11.6 Å². The van der Waals surface area contributed by atoms with Gasteiger partial charge in [-0.15, -0.1) is 0 Å². The van der Waals surface area contributed by atoms with Crippen molar-refractivity contribution in [3.8, 4) is 0 Å². The lowest BCUT2D eigenvalue weighted by Gasteiger charge is -2.38. The van der Waals surface area contributed by atoms with Crippen LogP contribution in [-0.4, -0.2) is 40.5 Å². The molecule has 0 aliphatic heterocycles.